The standard InChI is InChI=1S/C10H12BrN5O/c1-7-8(11)5-16(13-7)6-10(17)12-9-3-4-15(2)14-9/h3-5H,6H2,1-2H3,(H,12,14,17). The lowest BCUT2D eigenvalue weighted by molar-refractivity contribution is -0.116. The van der Waals surface area contributed by atoms with Gasteiger partial charge in [0.25, 0.3) is 0 Å². The van der Waals surface area contributed by atoms with Gasteiger partial charge in [-0.15, -0.1) is 0 Å². The molecule has 0 bridgehead atoms. The van der Waals surface area contributed by atoms with Crippen molar-refractivity contribution in [2.24, 2.45) is 7.05 Å². The van der Waals surface area contributed by atoms with E-state index in [9.17, 15) is 4.79 Å². The van der Waals surface area contributed by atoms with E-state index < -0.39 is 0 Å². The Balaban J connectivity index is 1.97. The van der Waals surface area contributed by atoms with Crippen LogP contribution in [-0.4, -0.2) is 25.5 Å². The van der Waals surface area contributed by atoms with Crippen molar-refractivity contribution in [2.75, 3.05) is 5.32 Å². The summed E-state index contributed by atoms with van der Waals surface area (Å²) in [5, 5.41) is 10.9. The topological polar surface area (TPSA) is 64.7 Å². The monoisotopic (exact) mass is 297 g/mol. The van der Waals surface area contributed by atoms with E-state index in [4.69, 9.17) is 0 Å². The number of nitrogens with zero attached hydrogens (tertiary/aromatic N) is 4. The third kappa shape index (κ3) is 2.94. The Morgan fingerprint density at radius 1 is 1.53 bits per heavy atom. The molecular formula is C10H12BrN5O. The fourth-order valence-electron chi connectivity index (χ4n) is 1.39. The van der Waals surface area contributed by atoms with Gasteiger partial charge in [0, 0.05) is 25.5 Å². The number of rotatable bonds is 3. The Labute approximate surface area is 107 Å². The Morgan fingerprint density at radius 3 is 2.82 bits per heavy atom. The molecule has 2 heterocycles. The number of carbonyl (C=O) groups is 1. The molecule has 2 rings (SSSR count). The van der Waals surface area contributed by atoms with Crippen molar-refractivity contribution in [2.45, 2.75) is 13.5 Å². The molecule has 7 heteroatoms. The van der Waals surface area contributed by atoms with Crippen LogP contribution in [0.5, 0.6) is 0 Å². The van der Waals surface area contributed by atoms with Crippen LogP contribution >= 0.6 is 15.9 Å². The molecule has 0 saturated carbocycles. The molecule has 0 unspecified atom stereocenters. The normalized spacial score (nSPS) is 10.5. The van der Waals surface area contributed by atoms with Crippen LogP contribution in [0, 0.1) is 6.92 Å². The van der Waals surface area contributed by atoms with Gasteiger partial charge in [0.2, 0.25) is 5.91 Å². The predicted octanol–water partition coefficient (Wildman–Crippen LogP) is 1.33. The Hall–Kier alpha value is -1.63. The van der Waals surface area contributed by atoms with E-state index >= 15 is 0 Å². The summed E-state index contributed by atoms with van der Waals surface area (Å²) in [4.78, 5) is 11.7. The minimum atomic E-state index is -0.154. The van der Waals surface area contributed by atoms with Gasteiger partial charge in [-0.25, -0.2) is 0 Å². The average Bonchev–Trinajstić information content (AvgIpc) is 2.75. The van der Waals surface area contributed by atoms with Gasteiger partial charge >= 0.3 is 0 Å². The molecular weight excluding hydrogens is 286 g/mol. The molecule has 0 aliphatic heterocycles. The number of carbonyl (C=O) groups excluding carboxylic acids is 1. The van der Waals surface area contributed by atoms with Crippen LogP contribution in [0.25, 0.3) is 0 Å². The van der Waals surface area contributed by atoms with Gasteiger partial charge in [0.05, 0.1) is 10.2 Å². The van der Waals surface area contributed by atoms with Crippen molar-refractivity contribution < 1.29 is 4.79 Å². The summed E-state index contributed by atoms with van der Waals surface area (Å²) in [5.41, 5.74) is 0.857. The van der Waals surface area contributed by atoms with E-state index in [0.717, 1.165) is 10.2 Å². The van der Waals surface area contributed by atoms with Gasteiger partial charge in [0.15, 0.2) is 5.82 Å². The second kappa shape index (κ2) is 4.70. The van der Waals surface area contributed by atoms with E-state index in [-0.39, 0.29) is 12.5 Å². The molecule has 6 nitrogen and oxygen atoms in total. The second-order valence-electron chi connectivity index (χ2n) is 3.68. The van der Waals surface area contributed by atoms with Crippen molar-refractivity contribution in [3.8, 4) is 0 Å². The highest BCUT2D eigenvalue weighted by Gasteiger charge is 2.08. The van der Waals surface area contributed by atoms with E-state index in [1.807, 2.05) is 6.92 Å². The summed E-state index contributed by atoms with van der Waals surface area (Å²) < 4.78 is 4.10. The molecule has 17 heavy (non-hydrogen) atoms. The smallest absolute Gasteiger partial charge is 0.247 e. The average molecular weight is 298 g/mol. The number of halogens is 1. The van der Waals surface area contributed by atoms with Crippen LogP contribution in [0.4, 0.5) is 5.82 Å². The third-order valence-corrected chi connectivity index (χ3v) is 2.95. The number of nitrogens with one attached hydrogen (secondary N) is 1. The van der Waals surface area contributed by atoms with Gasteiger partial charge in [-0.3, -0.25) is 14.2 Å². The molecule has 1 amide bonds. The first-order chi connectivity index (χ1) is 8.04. The largest absolute Gasteiger partial charge is 0.308 e. The van der Waals surface area contributed by atoms with Gasteiger partial charge in [-0.05, 0) is 22.9 Å². The number of aromatic nitrogens is 4. The molecule has 1 N–H and O–H groups in total. The molecule has 0 aromatic carbocycles. The molecule has 0 radical (unpaired) electrons. The van der Waals surface area contributed by atoms with Crippen LogP contribution in [-0.2, 0) is 18.4 Å². The number of hydrogen-bond donors (Lipinski definition) is 1. The van der Waals surface area contributed by atoms with Gasteiger partial charge < -0.3 is 5.32 Å². The zero-order valence-electron chi connectivity index (χ0n) is 9.51. The molecule has 2 aromatic rings. The fraction of sp³-hybridized carbons (Fsp3) is 0.300. The van der Waals surface area contributed by atoms with Crippen LogP contribution < -0.4 is 5.32 Å². The lowest BCUT2D eigenvalue weighted by atomic mass is 10.5. The first-order valence-corrected chi connectivity index (χ1v) is 5.83. The maximum Gasteiger partial charge on any atom is 0.247 e. The molecule has 0 aliphatic carbocycles. The summed E-state index contributed by atoms with van der Waals surface area (Å²) in [6.07, 6.45) is 3.54. The zero-order chi connectivity index (χ0) is 12.4. The first-order valence-electron chi connectivity index (χ1n) is 5.03. The zero-order valence-corrected chi connectivity index (χ0v) is 11.1. The Kier molecular flexibility index (Phi) is 3.28. The number of anilines is 1. The first kappa shape index (κ1) is 11.8. The quantitative estimate of drug-likeness (QED) is 0.929. The predicted molar refractivity (Wildman–Crippen MR) is 66.5 cm³/mol. The van der Waals surface area contributed by atoms with Crippen LogP contribution in [0.15, 0.2) is 22.9 Å². The van der Waals surface area contributed by atoms with Crippen molar-refractivity contribution in [1.82, 2.24) is 19.6 Å². The van der Waals surface area contributed by atoms with Gasteiger partial charge in [-0.2, -0.15) is 10.2 Å². The van der Waals surface area contributed by atoms with E-state index in [2.05, 4.69) is 31.4 Å². The lowest BCUT2D eigenvalue weighted by Crippen LogP contribution is -2.19. The summed E-state index contributed by atoms with van der Waals surface area (Å²) in [5.74, 6) is 0.388. The molecule has 0 fully saturated rings. The molecule has 0 saturated heterocycles. The number of aryl methyl sites for hydroxylation is 2. The van der Waals surface area contributed by atoms with Crippen LogP contribution in [0.1, 0.15) is 5.69 Å². The molecule has 90 valence electrons. The maximum atomic E-state index is 11.7. The van der Waals surface area contributed by atoms with E-state index in [1.165, 1.54) is 0 Å². The van der Waals surface area contributed by atoms with Crippen molar-refractivity contribution in [3.05, 3.63) is 28.6 Å². The second-order valence-corrected chi connectivity index (χ2v) is 4.54. The molecule has 0 aliphatic rings. The lowest BCUT2D eigenvalue weighted by Gasteiger charge is -2.01. The van der Waals surface area contributed by atoms with Gasteiger partial charge in [0.1, 0.15) is 6.54 Å². The highest BCUT2D eigenvalue weighted by Crippen LogP contribution is 2.13. The Bertz CT molecular complexity index is 525. The SMILES string of the molecule is Cc1nn(CC(=O)Nc2ccn(C)n2)cc1Br. The van der Waals surface area contributed by atoms with Crippen molar-refractivity contribution >= 4 is 27.7 Å². The third-order valence-electron chi connectivity index (χ3n) is 2.17. The summed E-state index contributed by atoms with van der Waals surface area (Å²) in [7, 11) is 1.80. The van der Waals surface area contributed by atoms with Crippen LogP contribution in [0.3, 0.4) is 0 Å². The molecule has 0 spiro atoms. The van der Waals surface area contributed by atoms with Crippen molar-refractivity contribution in [1.29, 1.82) is 0 Å². The summed E-state index contributed by atoms with van der Waals surface area (Å²) in [6.45, 7) is 2.04. The Morgan fingerprint density at radius 2 is 2.29 bits per heavy atom. The number of hydrogen-bond acceptors (Lipinski definition) is 3. The minimum absolute atomic E-state index is 0.154. The highest BCUT2D eigenvalue weighted by atomic mass is 79.9. The highest BCUT2D eigenvalue weighted by molar-refractivity contribution is 9.10. The maximum absolute atomic E-state index is 11.7. The fourth-order valence-corrected chi connectivity index (χ4v) is 1.70. The summed E-state index contributed by atoms with van der Waals surface area (Å²) in [6, 6.07) is 1.74. The van der Waals surface area contributed by atoms with Crippen molar-refractivity contribution in [3.63, 3.8) is 0 Å². The molecule has 0 atom stereocenters. The van der Waals surface area contributed by atoms with E-state index in [0.29, 0.717) is 5.82 Å². The molecule has 2 aromatic heterocycles. The van der Waals surface area contributed by atoms with E-state index in [1.54, 1.807) is 34.9 Å². The van der Waals surface area contributed by atoms with Gasteiger partial charge in [-0.1, -0.05) is 0 Å². The summed E-state index contributed by atoms with van der Waals surface area (Å²) >= 11 is 3.35. The minimum Gasteiger partial charge on any atom is -0.308 e. The number of amides is 1. The van der Waals surface area contributed by atoms with Crippen LogP contribution in [0.2, 0.25) is 0 Å².